The molecule has 2 aliphatic carbocycles. The molecule has 4 heteroatoms. The fourth-order valence-corrected chi connectivity index (χ4v) is 7.02. The molecule has 0 radical (unpaired) electrons. The quantitative estimate of drug-likeness (QED) is 0.570. The lowest BCUT2D eigenvalue weighted by Crippen LogP contribution is -2.52. The number of carbonyl (C=O) groups is 2. The van der Waals surface area contributed by atoms with E-state index in [2.05, 4.69) is 54.0 Å². The van der Waals surface area contributed by atoms with Gasteiger partial charge in [-0.3, -0.25) is 9.59 Å². The summed E-state index contributed by atoms with van der Waals surface area (Å²) in [5.41, 5.74) is 0.641. The molecule has 1 amide bonds. The summed E-state index contributed by atoms with van der Waals surface area (Å²) in [5.74, 6) is 0.271. The highest BCUT2D eigenvalue weighted by molar-refractivity contribution is 9.10. The highest BCUT2D eigenvalue weighted by atomic mass is 79.9. The molecule has 2 aromatic rings. The van der Waals surface area contributed by atoms with Gasteiger partial charge in [-0.1, -0.05) is 97.4 Å². The second-order valence-electron chi connectivity index (χ2n) is 9.29. The van der Waals surface area contributed by atoms with Crippen molar-refractivity contribution in [3.63, 3.8) is 0 Å². The molecular weight excluding hydrogens is 426 g/mol. The predicted octanol–water partition coefficient (Wildman–Crippen LogP) is 5.37. The number of benzene rings is 2. The van der Waals surface area contributed by atoms with E-state index in [4.69, 9.17) is 0 Å². The summed E-state index contributed by atoms with van der Waals surface area (Å²) in [7, 11) is 0. The Morgan fingerprint density at radius 3 is 1.83 bits per heavy atom. The van der Waals surface area contributed by atoms with E-state index in [9.17, 15) is 9.59 Å². The third kappa shape index (κ3) is 2.83. The van der Waals surface area contributed by atoms with Crippen LogP contribution in [0.15, 0.2) is 60.7 Å². The summed E-state index contributed by atoms with van der Waals surface area (Å²) < 4.78 is 0. The summed E-state index contributed by atoms with van der Waals surface area (Å²) >= 11 is 3.67. The van der Waals surface area contributed by atoms with Crippen LogP contribution >= 0.6 is 15.9 Å². The summed E-state index contributed by atoms with van der Waals surface area (Å²) in [6, 6.07) is 20.2. The minimum absolute atomic E-state index is 0.0895. The number of amides is 1. The van der Waals surface area contributed by atoms with Crippen LogP contribution in [-0.4, -0.2) is 21.4 Å². The Morgan fingerprint density at radius 1 is 0.931 bits per heavy atom. The van der Waals surface area contributed by atoms with Crippen LogP contribution in [0.3, 0.4) is 0 Å². The Bertz CT molecular complexity index is 885. The zero-order chi connectivity index (χ0) is 20.9. The average Bonchev–Trinajstić information content (AvgIpc) is 3.00. The lowest BCUT2D eigenvalue weighted by Gasteiger charge is -2.43. The molecule has 3 atom stereocenters. The lowest BCUT2D eigenvalue weighted by molar-refractivity contribution is -0.148. The van der Waals surface area contributed by atoms with Crippen LogP contribution < -0.4 is 0 Å². The van der Waals surface area contributed by atoms with Crippen molar-refractivity contribution in [1.82, 2.24) is 4.90 Å². The molecular formula is C25H28BrNO2. The molecule has 29 heavy (non-hydrogen) atoms. The number of nitrogens with zero attached hydrogens (tertiary/aromatic N) is 1. The van der Waals surface area contributed by atoms with Gasteiger partial charge >= 0.3 is 0 Å². The minimum atomic E-state index is -0.706. The molecule has 3 nitrogen and oxygen atoms in total. The highest BCUT2D eigenvalue weighted by Gasteiger charge is 2.77. The maximum Gasteiger partial charge on any atom is 0.231 e. The SMILES string of the molecule is CC1(C)[C@@]2(C)CC[C@@]1(C(=O)N(Cc1ccccc1)Cc1ccccc1)[C@H](Br)C2=O. The number of hydrogen-bond acceptors (Lipinski definition) is 2. The van der Waals surface area contributed by atoms with Crippen molar-refractivity contribution in [1.29, 1.82) is 0 Å². The first-order valence-electron chi connectivity index (χ1n) is 10.3. The van der Waals surface area contributed by atoms with Gasteiger partial charge in [0.2, 0.25) is 5.91 Å². The van der Waals surface area contributed by atoms with Crippen LogP contribution in [0.4, 0.5) is 0 Å². The number of alkyl halides is 1. The molecule has 0 saturated heterocycles. The zero-order valence-corrected chi connectivity index (χ0v) is 18.9. The maximum absolute atomic E-state index is 14.2. The largest absolute Gasteiger partial charge is 0.333 e. The van der Waals surface area contributed by atoms with E-state index in [1.807, 2.05) is 48.2 Å². The normalized spacial score (nSPS) is 29.8. The molecule has 0 aromatic heterocycles. The molecule has 2 aliphatic rings. The van der Waals surface area contributed by atoms with E-state index >= 15 is 0 Å². The van der Waals surface area contributed by atoms with Gasteiger partial charge < -0.3 is 4.90 Å². The second kappa shape index (κ2) is 7.09. The van der Waals surface area contributed by atoms with Gasteiger partial charge in [0.05, 0.1) is 10.2 Å². The van der Waals surface area contributed by atoms with E-state index < -0.39 is 21.1 Å². The van der Waals surface area contributed by atoms with Crippen LogP contribution in [0.25, 0.3) is 0 Å². The van der Waals surface area contributed by atoms with Crippen molar-refractivity contribution in [3.8, 4) is 0 Å². The Hall–Kier alpha value is -1.94. The number of halogens is 1. The molecule has 2 fully saturated rings. The molecule has 0 heterocycles. The minimum Gasteiger partial charge on any atom is -0.333 e. The topological polar surface area (TPSA) is 37.4 Å². The maximum atomic E-state index is 14.2. The van der Waals surface area contributed by atoms with Crippen LogP contribution in [0.5, 0.6) is 0 Å². The predicted molar refractivity (Wildman–Crippen MR) is 118 cm³/mol. The van der Waals surface area contributed by atoms with Gasteiger partial charge in [-0.25, -0.2) is 0 Å². The van der Waals surface area contributed by atoms with Crippen molar-refractivity contribution in [3.05, 3.63) is 71.8 Å². The third-order valence-corrected chi connectivity index (χ3v) is 9.02. The van der Waals surface area contributed by atoms with Crippen LogP contribution in [0.2, 0.25) is 0 Å². The summed E-state index contributed by atoms with van der Waals surface area (Å²) in [4.78, 5) is 28.9. The summed E-state index contributed by atoms with van der Waals surface area (Å²) in [6.07, 6.45) is 1.52. The van der Waals surface area contributed by atoms with E-state index in [0.29, 0.717) is 13.1 Å². The van der Waals surface area contributed by atoms with Gasteiger partial charge in [0, 0.05) is 18.5 Å². The summed E-state index contributed by atoms with van der Waals surface area (Å²) in [6.45, 7) is 7.35. The monoisotopic (exact) mass is 453 g/mol. The summed E-state index contributed by atoms with van der Waals surface area (Å²) in [5, 5.41) is 0. The van der Waals surface area contributed by atoms with Gasteiger partial charge in [-0.2, -0.15) is 0 Å². The standard InChI is InChI=1S/C25H28BrNO2/c1-23(2)24(3)14-15-25(23,20(26)21(24)28)22(29)27(16-18-10-6-4-7-11-18)17-19-12-8-5-9-13-19/h4-13,20H,14-17H2,1-3H3/t20-,24+,25+/m1/s1. The van der Waals surface area contributed by atoms with E-state index in [1.165, 1.54) is 0 Å². The van der Waals surface area contributed by atoms with Crippen LogP contribution in [0, 0.1) is 16.2 Å². The first kappa shape index (κ1) is 20.3. The molecule has 0 unspecified atom stereocenters. The van der Waals surface area contributed by atoms with E-state index in [0.717, 1.165) is 24.0 Å². The zero-order valence-electron chi connectivity index (χ0n) is 17.3. The molecule has 152 valence electrons. The van der Waals surface area contributed by atoms with Crippen molar-refractivity contribution in [2.75, 3.05) is 0 Å². The fraction of sp³-hybridized carbons (Fsp3) is 0.440. The van der Waals surface area contributed by atoms with Gasteiger partial charge in [0.15, 0.2) is 5.78 Å². The van der Waals surface area contributed by atoms with Gasteiger partial charge in [-0.05, 0) is 29.4 Å². The molecule has 2 bridgehead atoms. The number of carbonyl (C=O) groups excluding carboxylic acids is 2. The molecule has 0 aliphatic heterocycles. The van der Waals surface area contributed by atoms with Crippen molar-refractivity contribution >= 4 is 27.6 Å². The number of fused-ring (bicyclic) bond motifs is 2. The fourth-order valence-electron chi connectivity index (χ4n) is 5.51. The Morgan fingerprint density at radius 2 is 1.41 bits per heavy atom. The van der Waals surface area contributed by atoms with Crippen molar-refractivity contribution < 1.29 is 9.59 Å². The van der Waals surface area contributed by atoms with Gasteiger partial charge in [-0.15, -0.1) is 0 Å². The first-order valence-corrected chi connectivity index (χ1v) is 11.2. The number of hydrogen-bond donors (Lipinski definition) is 0. The lowest BCUT2D eigenvalue weighted by atomic mass is 9.64. The van der Waals surface area contributed by atoms with Crippen molar-refractivity contribution in [2.24, 2.45) is 16.2 Å². The Kier molecular flexibility index (Phi) is 4.97. The number of Topliss-reactive ketones (excluding diaryl/α,β-unsaturated/α-hetero) is 1. The first-order chi connectivity index (χ1) is 13.7. The highest BCUT2D eigenvalue weighted by Crippen LogP contribution is 2.72. The Labute approximate surface area is 181 Å². The average molecular weight is 454 g/mol. The number of ketones is 1. The molecule has 2 saturated carbocycles. The van der Waals surface area contributed by atoms with Gasteiger partial charge in [0.1, 0.15) is 0 Å². The van der Waals surface area contributed by atoms with Crippen LogP contribution in [0.1, 0.15) is 44.7 Å². The molecule has 2 aromatic carbocycles. The molecule has 0 N–H and O–H groups in total. The third-order valence-electron chi connectivity index (χ3n) is 7.82. The van der Waals surface area contributed by atoms with Crippen LogP contribution in [-0.2, 0) is 22.7 Å². The second-order valence-corrected chi connectivity index (χ2v) is 10.2. The molecule has 4 rings (SSSR count). The van der Waals surface area contributed by atoms with E-state index in [1.54, 1.807) is 0 Å². The number of rotatable bonds is 5. The molecule has 0 spiro atoms. The van der Waals surface area contributed by atoms with E-state index in [-0.39, 0.29) is 11.7 Å². The smallest absolute Gasteiger partial charge is 0.231 e. The van der Waals surface area contributed by atoms with Crippen molar-refractivity contribution in [2.45, 2.75) is 51.5 Å². The van der Waals surface area contributed by atoms with Gasteiger partial charge in [0.25, 0.3) is 0 Å². The Balaban J connectivity index is 1.74.